The van der Waals surface area contributed by atoms with Gasteiger partial charge >= 0.3 is 0 Å². The molecule has 0 rings (SSSR count). The molecular formula is CH4NO2SV-. The summed E-state index contributed by atoms with van der Waals surface area (Å²) in [4.78, 5) is 0. The van der Waals surface area contributed by atoms with E-state index < -0.39 is 11.1 Å². The molecule has 0 spiro atoms. The van der Waals surface area contributed by atoms with E-state index in [1.807, 2.05) is 0 Å². The monoisotopic (exact) mass is 145 g/mol. The molecule has 0 aromatic rings. The molecule has 0 aliphatic rings. The molecule has 5 heteroatoms. The predicted octanol–water partition coefficient (Wildman–Crippen LogP) is 0.261. The Bertz CT molecular complexity index is 48.8. The van der Waals surface area contributed by atoms with E-state index in [2.05, 4.69) is 4.28 Å². The molecule has 0 bridgehead atoms. The molecule has 1 radical (unpaired) electrons. The molecule has 0 heterocycles. The summed E-state index contributed by atoms with van der Waals surface area (Å²) in [5.74, 6) is 5.86. The molecule has 1 unspecified atom stereocenters. The summed E-state index contributed by atoms with van der Waals surface area (Å²) in [5, 5.41) is 0. The number of hydrogen-bond donors (Lipinski definition) is 0. The van der Waals surface area contributed by atoms with Gasteiger partial charge in [0.1, 0.15) is 11.1 Å². The van der Waals surface area contributed by atoms with Crippen LogP contribution in [0.1, 0.15) is 0 Å². The molecule has 0 saturated carbocycles. The SMILES string of the molecule is CS(=O)O[NH-].[V]. The third-order valence-electron chi connectivity index (χ3n) is 0.117. The molecule has 3 nitrogen and oxygen atoms in total. The van der Waals surface area contributed by atoms with Crippen molar-refractivity contribution in [2.75, 3.05) is 6.26 Å². The van der Waals surface area contributed by atoms with Gasteiger partial charge in [0.2, 0.25) is 0 Å². The summed E-state index contributed by atoms with van der Waals surface area (Å²) in [6.07, 6.45) is 1.28. The third-order valence-corrected chi connectivity index (χ3v) is 0.352. The fourth-order valence-corrected chi connectivity index (χ4v) is 0. The van der Waals surface area contributed by atoms with Crippen LogP contribution < -0.4 is 0 Å². The summed E-state index contributed by atoms with van der Waals surface area (Å²) in [5.41, 5.74) is 0. The van der Waals surface area contributed by atoms with Gasteiger partial charge in [-0.05, 0) is 0 Å². The summed E-state index contributed by atoms with van der Waals surface area (Å²) >= 11 is -1.41. The van der Waals surface area contributed by atoms with Crippen LogP contribution >= 0.6 is 0 Å². The van der Waals surface area contributed by atoms with Crippen LogP contribution in [0.15, 0.2) is 0 Å². The Morgan fingerprint density at radius 2 is 2.00 bits per heavy atom. The quantitative estimate of drug-likeness (QED) is 0.497. The summed E-state index contributed by atoms with van der Waals surface area (Å²) < 4.78 is 13.0. The first-order valence-electron chi connectivity index (χ1n) is 0.946. The Labute approximate surface area is 50.7 Å². The zero-order chi connectivity index (χ0) is 4.28. The molecular weight excluding hydrogens is 141 g/mol. The smallest absolute Gasteiger partial charge is 0.135 e. The minimum atomic E-state index is -1.41. The van der Waals surface area contributed by atoms with E-state index in [0.29, 0.717) is 0 Å². The Morgan fingerprint density at radius 1 is 1.83 bits per heavy atom. The van der Waals surface area contributed by atoms with Crippen molar-refractivity contribution in [3.8, 4) is 0 Å². The van der Waals surface area contributed by atoms with Crippen molar-refractivity contribution in [2.45, 2.75) is 0 Å². The fourth-order valence-electron chi connectivity index (χ4n) is 0. The molecule has 0 amide bonds. The van der Waals surface area contributed by atoms with Gasteiger partial charge in [-0.3, -0.25) is 0 Å². The van der Waals surface area contributed by atoms with Gasteiger partial charge in [0, 0.05) is 24.8 Å². The van der Waals surface area contributed by atoms with Gasteiger partial charge in [0.15, 0.2) is 0 Å². The van der Waals surface area contributed by atoms with E-state index in [-0.39, 0.29) is 18.6 Å². The Balaban J connectivity index is 0. The van der Waals surface area contributed by atoms with Gasteiger partial charge in [-0.25, -0.2) is 4.21 Å². The number of rotatable bonds is 1. The molecule has 6 heavy (non-hydrogen) atoms. The van der Waals surface area contributed by atoms with E-state index in [1.54, 1.807) is 0 Å². The molecule has 1 atom stereocenters. The van der Waals surface area contributed by atoms with E-state index in [0.717, 1.165) is 0 Å². The minimum Gasteiger partial charge on any atom is -0.534 e. The van der Waals surface area contributed by atoms with Crippen LogP contribution in [0.4, 0.5) is 0 Å². The first-order valence-corrected chi connectivity index (χ1v) is 2.43. The minimum absolute atomic E-state index is 0. The Kier molecular flexibility index (Phi) is 9.26. The first-order chi connectivity index (χ1) is 2.27. The molecule has 0 aliphatic carbocycles. The van der Waals surface area contributed by atoms with Crippen LogP contribution in [0.3, 0.4) is 0 Å². The molecule has 0 saturated heterocycles. The largest absolute Gasteiger partial charge is 0.534 e. The van der Waals surface area contributed by atoms with Gasteiger partial charge in [-0.2, -0.15) is 0 Å². The van der Waals surface area contributed by atoms with Crippen molar-refractivity contribution >= 4 is 11.1 Å². The van der Waals surface area contributed by atoms with Crippen molar-refractivity contribution < 1.29 is 27.0 Å². The van der Waals surface area contributed by atoms with Crippen LogP contribution in [-0.2, 0) is 33.9 Å². The second-order valence-electron chi connectivity index (χ2n) is 0.485. The predicted molar refractivity (Wildman–Crippen MR) is 19.5 cm³/mol. The third kappa shape index (κ3) is 8.82. The zero-order valence-corrected chi connectivity index (χ0v) is 5.39. The number of nitrogens with one attached hydrogen (secondary N) is 1. The normalized spacial score (nSPS) is 12.3. The van der Waals surface area contributed by atoms with Gasteiger partial charge < -0.3 is 10.2 Å². The Hall–Kier alpha value is 0.654. The van der Waals surface area contributed by atoms with Crippen molar-refractivity contribution in [1.82, 2.24) is 0 Å². The van der Waals surface area contributed by atoms with Crippen LogP contribution in [0.5, 0.6) is 0 Å². The molecule has 0 aromatic carbocycles. The van der Waals surface area contributed by atoms with Crippen molar-refractivity contribution in [1.29, 1.82) is 0 Å². The maximum absolute atomic E-state index is 9.51. The summed E-state index contributed by atoms with van der Waals surface area (Å²) in [6.45, 7) is 0. The van der Waals surface area contributed by atoms with E-state index in [1.165, 1.54) is 6.26 Å². The fraction of sp³-hybridized carbons (Fsp3) is 1.00. The average Bonchev–Trinajstić information content (AvgIpc) is 1.38. The maximum atomic E-state index is 9.51. The van der Waals surface area contributed by atoms with Gasteiger partial charge in [0.05, 0.1) is 0 Å². The standard InChI is InChI=1S/CH4NO2S.V/c1-5(3)4-2;/h2H,1H3;/q-1;. The molecule has 0 fully saturated rings. The van der Waals surface area contributed by atoms with Crippen LogP contribution in [-0.4, -0.2) is 10.5 Å². The van der Waals surface area contributed by atoms with E-state index in [4.69, 9.17) is 5.90 Å². The topological polar surface area (TPSA) is 50.1 Å². The first kappa shape index (κ1) is 9.82. The maximum Gasteiger partial charge on any atom is 0.135 e. The molecule has 0 aromatic heterocycles. The Morgan fingerprint density at radius 3 is 2.00 bits per heavy atom. The number of hydrogen-bond acceptors (Lipinski definition) is 2. The summed E-state index contributed by atoms with van der Waals surface area (Å²) in [7, 11) is 0. The second kappa shape index (κ2) is 5.65. The van der Waals surface area contributed by atoms with Gasteiger partial charge in [-0.15, -0.1) is 0 Å². The van der Waals surface area contributed by atoms with Crippen molar-refractivity contribution in [3.63, 3.8) is 0 Å². The van der Waals surface area contributed by atoms with E-state index >= 15 is 0 Å². The van der Waals surface area contributed by atoms with E-state index in [9.17, 15) is 4.21 Å². The van der Waals surface area contributed by atoms with Crippen molar-refractivity contribution in [3.05, 3.63) is 5.90 Å². The summed E-state index contributed by atoms with van der Waals surface area (Å²) in [6, 6.07) is 0. The van der Waals surface area contributed by atoms with Crippen LogP contribution in [0.2, 0.25) is 0 Å². The zero-order valence-electron chi connectivity index (χ0n) is 3.17. The van der Waals surface area contributed by atoms with Crippen LogP contribution in [0, 0.1) is 0 Å². The molecule has 37 valence electrons. The molecule has 1 N–H and O–H groups in total. The van der Waals surface area contributed by atoms with Crippen LogP contribution in [0.25, 0.3) is 5.90 Å². The second-order valence-corrected chi connectivity index (χ2v) is 1.45. The van der Waals surface area contributed by atoms with Gasteiger partial charge in [0.25, 0.3) is 0 Å². The van der Waals surface area contributed by atoms with Gasteiger partial charge in [-0.1, -0.05) is 0 Å². The molecule has 0 aliphatic heterocycles. The average molecular weight is 145 g/mol. The van der Waals surface area contributed by atoms with Crippen molar-refractivity contribution in [2.24, 2.45) is 0 Å².